The number of amides is 2. The molecule has 5 heteroatoms. The third kappa shape index (κ3) is 1.52. The van der Waals surface area contributed by atoms with Gasteiger partial charge in [0.25, 0.3) is 11.8 Å². The van der Waals surface area contributed by atoms with E-state index in [4.69, 9.17) is 4.74 Å². The van der Waals surface area contributed by atoms with Gasteiger partial charge in [-0.25, -0.2) is 0 Å². The number of hydrogen-bond acceptors (Lipinski definition) is 3. The van der Waals surface area contributed by atoms with Gasteiger partial charge in [-0.3, -0.25) is 9.59 Å². The topological polar surface area (TPSA) is 49.9 Å². The van der Waals surface area contributed by atoms with Crippen LogP contribution in [-0.2, 0) is 4.74 Å². The Morgan fingerprint density at radius 2 is 1.46 bits per heavy atom. The smallest absolute Gasteiger partial charge is 0.256 e. The number of benzene rings is 2. The first-order valence-corrected chi connectivity index (χ1v) is 8.06. The lowest BCUT2D eigenvalue weighted by Crippen LogP contribution is -2.55. The molecule has 0 bridgehead atoms. The van der Waals surface area contributed by atoms with Gasteiger partial charge in [-0.05, 0) is 23.3 Å². The lowest BCUT2D eigenvalue weighted by molar-refractivity contribution is -0.0942. The molecule has 5 rings (SSSR count). The highest BCUT2D eigenvalue weighted by molar-refractivity contribution is 6.02. The first-order valence-electron chi connectivity index (χ1n) is 8.06. The van der Waals surface area contributed by atoms with Gasteiger partial charge in [0.05, 0.1) is 18.6 Å². The van der Waals surface area contributed by atoms with E-state index >= 15 is 0 Å². The van der Waals surface area contributed by atoms with Crippen molar-refractivity contribution in [1.82, 2.24) is 9.80 Å². The van der Waals surface area contributed by atoms with Crippen molar-refractivity contribution in [2.24, 2.45) is 0 Å². The Morgan fingerprint density at radius 3 is 2.12 bits per heavy atom. The summed E-state index contributed by atoms with van der Waals surface area (Å²) >= 11 is 0. The summed E-state index contributed by atoms with van der Waals surface area (Å²) < 4.78 is 5.57. The zero-order chi connectivity index (χ0) is 16.4. The summed E-state index contributed by atoms with van der Waals surface area (Å²) in [6.45, 7) is 0.394. The molecular weight excluding hydrogens is 304 g/mol. The summed E-state index contributed by atoms with van der Waals surface area (Å²) in [7, 11) is 1.59. The fourth-order valence-electron chi connectivity index (χ4n) is 4.38. The fraction of sp³-hybridized carbons (Fsp3) is 0.263. The molecule has 0 aliphatic carbocycles. The maximum Gasteiger partial charge on any atom is 0.256 e. The number of rotatable bonds is 1. The van der Waals surface area contributed by atoms with Crippen LogP contribution in [0.4, 0.5) is 0 Å². The van der Waals surface area contributed by atoms with Gasteiger partial charge in [-0.15, -0.1) is 0 Å². The van der Waals surface area contributed by atoms with Crippen molar-refractivity contribution in [2.75, 3.05) is 13.7 Å². The molecule has 3 atom stereocenters. The van der Waals surface area contributed by atoms with Gasteiger partial charge in [-0.2, -0.15) is 0 Å². The van der Waals surface area contributed by atoms with Crippen molar-refractivity contribution in [1.29, 1.82) is 0 Å². The predicted octanol–water partition coefficient (Wildman–Crippen LogP) is 2.37. The van der Waals surface area contributed by atoms with Crippen LogP contribution in [0.1, 0.15) is 43.9 Å². The molecule has 0 spiro atoms. The molecule has 3 unspecified atom stereocenters. The van der Waals surface area contributed by atoms with Gasteiger partial charge in [0.15, 0.2) is 6.23 Å². The lowest BCUT2D eigenvalue weighted by atomic mass is 9.91. The Morgan fingerprint density at radius 1 is 0.875 bits per heavy atom. The van der Waals surface area contributed by atoms with Gasteiger partial charge in [0.2, 0.25) is 0 Å². The van der Waals surface area contributed by atoms with Crippen LogP contribution in [0, 0.1) is 0 Å². The second-order valence-electron chi connectivity index (χ2n) is 6.42. The third-order valence-corrected chi connectivity index (χ3v) is 5.38. The molecular formula is C19H16N2O3. The highest BCUT2D eigenvalue weighted by atomic mass is 16.5. The van der Waals surface area contributed by atoms with Crippen LogP contribution in [0.5, 0.6) is 0 Å². The minimum atomic E-state index is -0.426. The quantitative estimate of drug-likeness (QED) is 0.810. The van der Waals surface area contributed by atoms with E-state index in [0.717, 1.165) is 16.7 Å². The third-order valence-electron chi connectivity index (χ3n) is 5.38. The van der Waals surface area contributed by atoms with Crippen LogP contribution in [0.3, 0.4) is 0 Å². The average molecular weight is 320 g/mol. The number of carbonyl (C=O) groups excluding carboxylic acids is 2. The van der Waals surface area contributed by atoms with Gasteiger partial charge in [-0.1, -0.05) is 36.4 Å². The highest BCUT2D eigenvalue weighted by Crippen LogP contribution is 2.52. The van der Waals surface area contributed by atoms with E-state index in [2.05, 4.69) is 0 Å². The SMILES string of the molecule is COC1CN2C(=O)c3ccccc3C2C2c3ccccc3C(=O)N12. The second kappa shape index (κ2) is 4.68. The standard InChI is InChI=1S/C19H16N2O3/c1-24-15-10-20-16(11-6-2-4-8-13(11)18(20)22)17-12-7-3-5-9-14(12)19(23)21(15)17/h2-9,15-17H,10H2,1H3. The Labute approximate surface area is 139 Å². The van der Waals surface area contributed by atoms with Gasteiger partial charge in [0, 0.05) is 18.2 Å². The van der Waals surface area contributed by atoms with Crippen LogP contribution < -0.4 is 0 Å². The molecule has 5 nitrogen and oxygen atoms in total. The normalized spacial score (nSPS) is 27.0. The van der Waals surface area contributed by atoms with E-state index in [1.807, 2.05) is 53.4 Å². The first kappa shape index (κ1) is 13.7. The second-order valence-corrected chi connectivity index (χ2v) is 6.42. The number of piperazine rings is 1. The van der Waals surface area contributed by atoms with E-state index < -0.39 is 6.23 Å². The van der Waals surface area contributed by atoms with Crippen LogP contribution in [0.15, 0.2) is 48.5 Å². The minimum absolute atomic E-state index is 0.0149. The summed E-state index contributed by atoms with van der Waals surface area (Å²) in [5.41, 5.74) is 3.42. The molecule has 2 amide bonds. The van der Waals surface area contributed by atoms with Crippen molar-refractivity contribution in [3.8, 4) is 0 Å². The fourth-order valence-corrected chi connectivity index (χ4v) is 4.38. The minimum Gasteiger partial charge on any atom is -0.360 e. The highest BCUT2D eigenvalue weighted by Gasteiger charge is 2.55. The number of methoxy groups -OCH3 is 1. The van der Waals surface area contributed by atoms with Crippen molar-refractivity contribution in [2.45, 2.75) is 18.3 Å². The molecule has 1 fully saturated rings. The molecule has 24 heavy (non-hydrogen) atoms. The van der Waals surface area contributed by atoms with E-state index in [-0.39, 0.29) is 23.9 Å². The Hall–Kier alpha value is -2.66. The maximum atomic E-state index is 12.9. The predicted molar refractivity (Wildman–Crippen MR) is 86.4 cm³/mol. The summed E-state index contributed by atoms with van der Waals surface area (Å²) in [6, 6.07) is 15.0. The summed E-state index contributed by atoms with van der Waals surface area (Å²) in [6.07, 6.45) is -0.426. The zero-order valence-corrected chi connectivity index (χ0v) is 13.2. The van der Waals surface area contributed by atoms with Crippen LogP contribution in [0.2, 0.25) is 0 Å². The number of ether oxygens (including phenoxy) is 1. The van der Waals surface area contributed by atoms with Crippen LogP contribution in [-0.4, -0.2) is 41.5 Å². The van der Waals surface area contributed by atoms with E-state index in [9.17, 15) is 9.59 Å². The molecule has 0 radical (unpaired) electrons. The summed E-state index contributed by atoms with van der Waals surface area (Å²) in [5.74, 6) is 0.00746. The number of carbonyl (C=O) groups is 2. The molecule has 2 aromatic carbocycles. The lowest BCUT2D eigenvalue weighted by Gasteiger charge is -2.45. The zero-order valence-electron chi connectivity index (χ0n) is 13.2. The van der Waals surface area contributed by atoms with E-state index in [1.165, 1.54) is 0 Å². The number of nitrogens with zero attached hydrogens (tertiary/aromatic N) is 2. The largest absolute Gasteiger partial charge is 0.360 e. The molecule has 3 aliphatic heterocycles. The van der Waals surface area contributed by atoms with Crippen LogP contribution >= 0.6 is 0 Å². The first-order chi connectivity index (χ1) is 11.7. The van der Waals surface area contributed by atoms with E-state index in [1.54, 1.807) is 12.0 Å². The molecule has 0 saturated carbocycles. The van der Waals surface area contributed by atoms with Crippen molar-refractivity contribution >= 4 is 11.8 Å². The van der Waals surface area contributed by atoms with Gasteiger partial charge in [0.1, 0.15) is 0 Å². The van der Waals surface area contributed by atoms with Crippen molar-refractivity contribution < 1.29 is 14.3 Å². The monoisotopic (exact) mass is 320 g/mol. The van der Waals surface area contributed by atoms with E-state index in [0.29, 0.717) is 12.1 Å². The van der Waals surface area contributed by atoms with Crippen LogP contribution in [0.25, 0.3) is 0 Å². The van der Waals surface area contributed by atoms with Crippen molar-refractivity contribution in [3.63, 3.8) is 0 Å². The average Bonchev–Trinajstić information content (AvgIpc) is 3.08. The summed E-state index contributed by atoms with van der Waals surface area (Å²) in [5, 5.41) is 0. The summed E-state index contributed by atoms with van der Waals surface area (Å²) in [4.78, 5) is 29.4. The molecule has 3 aliphatic rings. The molecule has 3 heterocycles. The molecule has 2 aromatic rings. The molecule has 0 aromatic heterocycles. The molecule has 1 saturated heterocycles. The Balaban J connectivity index is 1.74. The Bertz CT molecular complexity index is 878. The number of hydrogen-bond donors (Lipinski definition) is 0. The van der Waals surface area contributed by atoms with Crippen molar-refractivity contribution in [3.05, 3.63) is 70.8 Å². The maximum absolute atomic E-state index is 12.9. The molecule has 120 valence electrons. The molecule has 0 N–H and O–H groups in total. The number of fused-ring (bicyclic) bond motifs is 7. The van der Waals surface area contributed by atoms with Gasteiger partial charge < -0.3 is 14.5 Å². The van der Waals surface area contributed by atoms with Gasteiger partial charge >= 0.3 is 0 Å². The Kier molecular flexibility index (Phi) is 2.68.